The van der Waals surface area contributed by atoms with Gasteiger partial charge in [-0.3, -0.25) is 4.79 Å². The maximum absolute atomic E-state index is 12.8. The highest BCUT2D eigenvalue weighted by Gasteiger charge is 2.67. The molecular weight excluding hydrogens is 392 g/mol. The summed E-state index contributed by atoms with van der Waals surface area (Å²) in [5.41, 5.74) is 3.27. The van der Waals surface area contributed by atoms with Crippen molar-refractivity contribution in [2.24, 2.45) is 45.3 Å². The average molecular weight is 441 g/mol. The zero-order valence-corrected chi connectivity index (χ0v) is 22.1. The van der Waals surface area contributed by atoms with Gasteiger partial charge in [0.15, 0.2) is 0 Å². The number of fused-ring (bicyclic) bond motifs is 5. The minimum Gasteiger partial charge on any atom is -0.393 e. The van der Waals surface area contributed by atoms with Crippen LogP contribution in [0.4, 0.5) is 0 Å². The lowest BCUT2D eigenvalue weighted by molar-refractivity contribution is -0.146. The van der Waals surface area contributed by atoms with Gasteiger partial charge >= 0.3 is 0 Å². The number of allylic oxidation sites excluding steroid dienone is 4. The Morgan fingerprint density at radius 3 is 2.53 bits per heavy atom. The molecule has 3 fully saturated rings. The lowest BCUT2D eigenvalue weighted by atomic mass is 9.41. The molecule has 1 N–H and O–H groups in total. The smallest absolute Gasteiger partial charge is 0.138 e. The van der Waals surface area contributed by atoms with E-state index < -0.39 is 0 Å². The molecule has 4 rings (SSSR count). The number of aliphatic hydroxyl groups excluding tert-OH is 1. The van der Waals surface area contributed by atoms with E-state index in [-0.39, 0.29) is 27.8 Å². The van der Waals surface area contributed by atoms with Gasteiger partial charge in [0.25, 0.3) is 0 Å². The molecule has 8 atom stereocenters. The van der Waals surface area contributed by atoms with Crippen LogP contribution in [0.1, 0.15) is 107 Å². The molecule has 4 aliphatic rings. The van der Waals surface area contributed by atoms with Crippen molar-refractivity contribution in [1.82, 2.24) is 0 Å². The van der Waals surface area contributed by atoms with Crippen molar-refractivity contribution in [3.8, 4) is 0 Å². The number of Topliss-reactive ketones (excluding diaryl/α,β-unsaturated/α-hetero) is 1. The van der Waals surface area contributed by atoms with Crippen molar-refractivity contribution in [2.75, 3.05) is 0 Å². The predicted molar refractivity (Wildman–Crippen MR) is 133 cm³/mol. The van der Waals surface area contributed by atoms with Crippen LogP contribution in [0, 0.1) is 45.3 Å². The van der Waals surface area contributed by atoms with Crippen molar-refractivity contribution in [3.63, 3.8) is 0 Å². The highest BCUT2D eigenvalue weighted by molar-refractivity contribution is 5.85. The highest BCUT2D eigenvalue weighted by Crippen LogP contribution is 2.73. The zero-order chi connectivity index (χ0) is 23.7. The molecule has 0 aromatic rings. The normalized spacial score (nSPS) is 45.9. The molecule has 0 saturated heterocycles. The number of rotatable bonds is 4. The summed E-state index contributed by atoms with van der Waals surface area (Å²) < 4.78 is 0. The fourth-order valence-electron chi connectivity index (χ4n) is 9.44. The van der Waals surface area contributed by atoms with Gasteiger partial charge in [0.05, 0.1) is 6.10 Å². The second-order valence-electron chi connectivity index (χ2n) is 13.6. The molecule has 32 heavy (non-hydrogen) atoms. The van der Waals surface area contributed by atoms with Crippen LogP contribution in [0.3, 0.4) is 0 Å². The van der Waals surface area contributed by atoms with Crippen LogP contribution in [-0.2, 0) is 4.79 Å². The molecule has 0 spiro atoms. The first-order valence-corrected chi connectivity index (χ1v) is 13.3. The molecular formula is C30H48O2. The summed E-state index contributed by atoms with van der Waals surface area (Å²) in [5, 5.41) is 11.4. The summed E-state index contributed by atoms with van der Waals surface area (Å²) in [6, 6.07) is 0. The van der Waals surface area contributed by atoms with Crippen LogP contribution >= 0.6 is 0 Å². The van der Waals surface area contributed by atoms with E-state index in [1.165, 1.54) is 18.4 Å². The molecule has 2 nitrogen and oxygen atoms in total. The molecule has 0 heterocycles. The zero-order valence-electron chi connectivity index (χ0n) is 22.1. The van der Waals surface area contributed by atoms with Gasteiger partial charge in [0, 0.05) is 11.8 Å². The van der Waals surface area contributed by atoms with Crippen molar-refractivity contribution in [3.05, 3.63) is 23.3 Å². The molecule has 3 saturated carbocycles. The Labute approximate surface area is 197 Å². The van der Waals surface area contributed by atoms with E-state index in [1.54, 1.807) is 5.57 Å². The van der Waals surface area contributed by atoms with Crippen molar-refractivity contribution < 1.29 is 9.90 Å². The van der Waals surface area contributed by atoms with E-state index in [9.17, 15) is 9.90 Å². The third-order valence-electron chi connectivity index (χ3n) is 11.4. The summed E-state index contributed by atoms with van der Waals surface area (Å²) in [6.45, 7) is 18.6. The van der Waals surface area contributed by atoms with E-state index in [0.29, 0.717) is 29.5 Å². The summed E-state index contributed by atoms with van der Waals surface area (Å²) in [5.74, 6) is 2.38. The van der Waals surface area contributed by atoms with E-state index in [0.717, 1.165) is 38.5 Å². The number of hydrogen-bond donors (Lipinski definition) is 1. The first-order chi connectivity index (χ1) is 14.8. The van der Waals surface area contributed by atoms with E-state index in [4.69, 9.17) is 0 Å². The summed E-state index contributed by atoms with van der Waals surface area (Å²) in [7, 11) is 0. The van der Waals surface area contributed by atoms with Gasteiger partial charge < -0.3 is 5.11 Å². The molecule has 4 aliphatic carbocycles. The second-order valence-corrected chi connectivity index (χ2v) is 13.6. The number of hydrogen-bond acceptors (Lipinski definition) is 2. The maximum atomic E-state index is 12.8. The van der Waals surface area contributed by atoms with Gasteiger partial charge in [-0.25, -0.2) is 0 Å². The van der Waals surface area contributed by atoms with Gasteiger partial charge in [-0.15, -0.1) is 0 Å². The molecule has 180 valence electrons. The largest absolute Gasteiger partial charge is 0.393 e. The Morgan fingerprint density at radius 2 is 1.88 bits per heavy atom. The summed E-state index contributed by atoms with van der Waals surface area (Å²) >= 11 is 0. The minimum absolute atomic E-state index is 0.0738. The van der Waals surface area contributed by atoms with Crippen LogP contribution in [0.5, 0.6) is 0 Å². The van der Waals surface area contributed by atoms with Crippen LogP contribution in [0.2, 0.25) is 0 Å². The predicted octanol–water partition coefficient (Wildman–Crippen LogP) is 7.51. The van der Waals surface area contributed by atoms with Crippen LogP contribution < -0.4 is 0 Å². The van der Waals surface area contributed by atoms with Crippen LogP contribution in [0.25, 0.3) is 0 Å². The molecule has 0 radical (unpaired) electrons. The Kier molecular flexibility index (Phi) is 5.93. The Bertz CT molecular complexity index is 830. The summed E-state index contributed by atoms with van der Waals surface area (Å²) in [6.07, 6.45) is 13.1. The average Bonchev–Trinajstić information content (AvgIpc) is 2.90. The number of aliphatic hydroxyl groups is 1. The molecule has 0 bridgehead atoms. The molecule has 1 unspecified atom stereocenters. The monoisotopic (exact) mass is 440 g/mol. The third kappa shape index (κ3) is 3.25. The van der Waals surface area contributed by atoms with E-state index in [2.05, 4.69) is 67.5 Å². The standard InChI is InChI=1S/C30H48O2/c1-19(2)10-9-11-20(3)26-23(31)18-30(8)22-12-13-24-27(4,5)25(32)15-16-28(24,6)21(22)14-17-29(26,30)7/h10,12,20-21,23-24,26,31H,9,11,13-18H2,1-8H3/t20-,21+,23+,24+,26?,28-,29+,30-/m1/s1. The van der Waals surface area contributed by atoms with E-state index >= 15 is 0 Å². The lowest BCUT2D eigenvalue weighted by Crippen LogP contribution is -2.57. The molecule has 2 heteroatoms. The molecule has 0 amide bonds. The van der Waals surface area contributed by atoms with Gasteiger partial charge in [-0.2, -0.15) is 0 Å². The molecule has 0 aliphatic heterocycles. The van der Waals surface area contributed by atoms with Gasteiger partial charge in [-0.1, -0.05) is 64.8 Å². The Morgan fingerprint density at radius 1 is 1.19 bits per heavy atom. The Balaban J connectivity index is 1.67. The van der Waals surface area contributed by atoms with Gasteiger partial charge in [-0.05, 0) is 98.7 Å². The second kappa shape index (κ2) is 7.82. The maximum Gasteiger partial charge on any atom is 0.138 e. The number of carbonyl (C=O) groups excluding carboxylic acids is 1. The number of ketones is 1. The topological polar surface area (TPSA) is 37.3 Å². The Hall–Kier alpha value is -0.890. The van der Waals surface area contributed by atoms with Crippen LogP contribution in [0.15, 0.2) is 23.3 Å². The highest BCUT2D eigenvalue weighted by atomic mass is 16.3. The van der Waals surface area contributed by atoms with Gasteiger partial charge in [0.2, 0.25) is 0 Å². The van der Waals surface area contributed by atoms with Crippen molar-refractivity contribution >= 4 is 5.78 Å². The minimum atomic E-state index is -0.214. The first kappa shape index (κ1) is 24.2. The van der Waals surface area contributed by atoms with E-state index in [1.807, 2.05) is 0 Å². The quantitative estimate of drug-likeness (QED) is 0.459. The van der Waals surface area contributed by atoms with Crippen molar-refractivity contribution in [2.45, 2.75) is 113 Å². The fraction of sp³-hybridized carbons (Fsp3) is 0.833. The third-order valence-corrected chi connectivity index (χ3v) is 11.4. The van der Waals surface area contributed by atoms with Crippen molar-refractivity contribution in [1.29, 1.82) is 0 Å². The molecule has 0 aromatic heterocycles. The van der Waals surface area contributed by atoms with Crippen LogP contribution in [-0.4, -0.2) is 17.0 Å². The first-order valence-electron chi connectivity index (χ1n) is 13.3. The van der Waals surface area contributed by atoms with Gasteiger partial charge in [0.1, 0.15) is 5.78 Å². The number of carbonyl (C=O) groups is 1. The lowest BCUT2D eigenvalue weighted by Gasteiger charge is -2.63. The fourth-order valence-corrected chi connectivity index (χ4v) is 9.44. The molecule has 0 aromatic carbocycles. The SMILES string of the molecule is CC(C)=CCC[C@@H](C)C1[C@@H](O)C[C@]2(C)C3=CC[C@H]4C(C)(C)C(=O)CC[C@]4(C)[C@H]3CC[C@@]12C. The summed E-state index contributed by atoms with van der Waals surface area (Å²) in [4.78, 5) is 12.8.